The summed E-state index contributed by atoms with van der Waals surface area (Å²) in [5.41, 5.74) is 0.215. The Kier molecular flexibility index (Phi) is 3.02. The Bertz CT molecular complexity index is 269. The van der Waals surface area contributed by atoms with Crippen molar-refractivity contribution in [2.75, 3.05) is 6.61 Å². The number of ether oxygens (including phenoxy) is 1. The number of aliphatic imine (C=N–C) groups is 1. The Morgan fingerprint density at radius 3 is 2.53 bits per heavy atom. The summed E-state index contributed by atoms with van der Waals surface area (Å²) in [7, 11) is 0. The van der Waals surface area contributed by atoms with Crippen molar-refractivity contribution in [1.82, 2.24) is 0 Å². The lowest BCUT2D eigenvalue weighted by Crippen LogP contribution is -2.25. The van der Waals surface area contributed by atoms with Crippen LogP contribution in [0.15, 0.2) is 4.99 Å². The van der Waals surface area contributed by atoms with Crippen molar-refractivity contribution >= 4 is 18.5 Å². The molecular formula is C12H21NOS. The molecule has 1 fully saturated rings. The number of nitrogens with zero attached hydrogens (tertiary/aromatic N) is 1. The first kappa shape index (κ1) is 11.3. The van der Waals surface area contributed by atoms with Crippen LogP contribution in [0.2, 0.25) is 0 Å². The molecule has 3 heteroatoms. The van der Waals surface area contributed by atoms with Crippen molar-refractivity contribution in [1.29, 1.82) is 0 Å². The summed E-state index contributed by atoms with van der Waals surface area (Å²) in [5.74, 6) is 1.45. The average Bonchev–Trinajstić information content (AvgIpc) is 2.69. The molecule has 0 bridgehead atoms. The van der Waals surface area contributed by atoms with Gasteiger partial charge in [0.05, 0.1) is 6.04 Å². The Hall–Kier alpha value is -0.180. The van der Waals surface area contributed by atoms with E-state index in [1.54, 1.807) is 0 Å². The van der Waals surface area contributed by atoms with Gasteiger partial charge in [0.1, 0.15) is 6.61 Å². The smallest absolute Gasteiger partial charge is 0.188 e. The molecule has 0 N–H and O–H groups in total. The molecule has 0 aromatic heterocycles. The first-order valence-electron chi connectivity index (χ1n) is 5.87. The van der Waals surface area contributed by atoms with Crippen molar-refractivity contribution < 1.29 is 4.74 Å². The van der Waals surface area contributed by atoms with E-state index in [1.807, 2.05) is 0 Å². The monoisotopic (exact) mass is 227 g/mol. The van der Waals surface area contributed by atoms with Gasteiger partial charge >= 0.3 is 0 Å². The van der Waals surface area contributed by atoms with Crippen molar-refractivity contribution in [2.24, 2.45) is 16.3 Å². The zero-order chi connectivity index (χ0) is 11.1. The summed E-state index contributed by atoms with van der Waals surface area (Å²) in [6.45, 7) is 7.43. The van der Waals surface area contributed by atoms with Gasteiger partial charge in [-0.25, -0.2) is 4.99 Å². The lowest BCUT2D eigenvalue weighted by molar-refractivity contribution is 0.229. The van der Waals surface area contributed by atoms with Crippen LogP contribution in [0.1, 0.15) is 40.0 Å². The molecule has 86 valence electrons. The number of rotatable bonds is 1. The second-order valence-electron chi connectivity index (χ2n) is 5.76. The van der Waals surface area contributed by atoms with Crippen molar-refractivity contribution in [3.05, 3.63) is 0 Å². The van der Waals surface area contributed by atoms with Crippen molar-refractivity contribution in [3.63, 3.8) is 0 Å². The second-order valence-corrected chi connectivity index (χ2v) is 6.43. The highest BCUT2D eigenvalue weighted by Crippen LogP contribution is 2.35. The fourth-order valence-electron chi connectivity index (χ4n) is 2.27. The average molecular weight is 227 g/mol. The van der Waals surface area contributed by atoms with E-state index >= 15 is 0 Å². The number of hydrogen-bond donors (Lipinski definition) is 1. The SMILES string of the molecule is CC(C)(C)[C@H]1COC(C2CCCC2S)=N1. The van der Waals surface area contributed by atoms with Crippen LogP contribution in [0.25, 0.3) is 0 Å². The maximum Gasteiger partial charge on any atom is 0.188 e. The topological polar surface area (TPSA) is 21.6 Å². The molecule has 2 rings (SSSR count). The van der Waals surface area contributed by atoms with E-state index in [0.29, 0.717) is 17.2 Å². The van der Waals surface area contributed by atoms with Crippen LogP contribution in [-0.2, 0) is 4.74 Å². The van der Waals surface area contributed by atoms with Gasteiger partial charge in [0.15, 0.2) is 5.90 Å². The summed E-state index contributed by atoms with van der Waals surface area (Å²) < 4.78 is 5.75. The van der Waals surface area contributed by atoms with Gasteiger partial charge in [0.25, 0.3) is 0 Å². The van der Waals surface area contributed by atoms with Crippen LogP contribution < -0.4 is 0 Å². The summed E-state index contributed by atoms with van der Waals surface area (Å²) >= 11 is 4.60. The molecule has 1 aliphatic carbocycles. The first-order chi connectivity index (χ1) is 6.98. The molecule has 2 unspecified atom stereocenters. The van der Waals surface area contributed by atoms with Crippen LogP contribution in [0.4, 0.5) is 0 Å². The molecule has 0 radical (unpaired) electrons. The van der Waals surface area contributed by atoms with E-state index in [1.165, 1.54) is 19.3 Å². The maximum atomic E-state index is 5.75. The molecule has 3 atom stereocenters. The highest BCUT2D eigenvalue weighted by Gasteiger charge is 2.36. The standard InChI is InChI=1S/C12H21NOS/c1-12(2,3)10-7-14-11(13-10)8-5-4-6-9(8)15/h8-10,15H,4-7H2,1-3H3/t8?,9?,10-/m1/s1. The number of thiol groups is 1. The lowest BCUT2D eigenvalue weighted by atomic mass is 9.88. The molecule has 0 amide bonds. The van der Waals surface area contributed by atoms with Crippen molar-refractivity contribution in [3.8, 4) is 0 Å². The summed E-state index contributed by atoms with van der Waals surface area (Å²) in [6, 6.07) is 0.327. The minimum Gasteiger partial charge on any atom is -0.478 e. The molecule has 2 nitrogen and oxygen atoms in total. The van der Waals surface area contributed by atoms with E-state index in [-0.39, 0.29) is 5.41 Å². The number of hydrogen-bond acceptors (Lipinski definition) is 3. The zero-order valence-corrected chi connectivity index (χ0v) is 10.8. The third kappa shape index (κ3) is 2.32. The summed E-state index contributed by atoms with van der Waals surface area (Å²) in [5, 5.41) is 0.461. The van der Waals surface area contributed by atoms with Gasteiger partial charge in [-0.05, 0) is 18.3 Å². The molecule has 0 spiro atoms. The normalized spacial score (nSPS) is 36.5. The fourth-order valence-corrected chi connectivity index (χ4v) is 2.73. The Labute approximate surface area is 97.9 Å². The highest BCUT2D eigenvalue weighted by molar-refractivity contribution is 7.81. The molecule has 1 heterocycles. The molecule has 2 aliphatic rings. The predicted molar refractivity (Wildman–Crippen MR) is 66.7 cm³/mol. The van der Waals surface area contributed by atoms with E-state index in [9.17, 15) is 0 Å². The van der Waals surface area contributed by atoms with Gasteiger partial charge in [-0.3, -0.25) is 0 Å². The van der Waals surface area contributed by atoms with E-state index in [0.717, 1.165) is 12.5 Å². The molecule has 0 saturated heterocycles. The van der Waals surface area contributed by atoms with Gasteiger partial charge in [0.2, 0.25) is 0 Å². The predicted octanol–water partition coefficient (Wildman–Crippen LogP) is 2.93. The Morgan fingerprint density at radius 2 is 2.07 bits per heavy atom. The van der Waals surface area contributed by atoms with Gasteiger partial charge < -0.3 is 4.74 Å². The molecule has 0 aromatic carbocycles. The first-order valence-corrected chi connectivity index (χ1v) is 6.38. The molecule has 1 saturated carbocycles. The maximum absolute atomic E-state index is 5.75. The summed E-state index contributed by atoms with van der Waals surface area (Å²) in [4.78, 5) is 4.74. The largest absolute Gasteiger partial charge is 0.478 e. The summed E-state index contributed by atoms with van der Waals surface area (Å²) in [6.07, 6.45) is 3.67. The van der Waals surface area contributed by atoms with Crippen LogP contribution in [-0.4, -0.2) is 23.8 Å². The van der Waals surface area contributed by atoms with E-state index in [4.69, 9.17) is 9.73 Å². The molecule has 1 aliphatic heterocycles. The zero-order valence-electron chi connectivity index (χ0n) is 9.86. The van der Waals surface area contributed by atoms with E-state index in [2.05, 4.69) is 33.4 Å². The van der Waals surface area contributed by atoms with Crippen LogP contribution in [0, 0.1) is 11.3 Å². The van der Waals surface area contributed by atoms with Gasteiger partial charge in [-0.1, -0.05) is 27.2 Å². The third-order valence-electron chi connectivity index (χ3n) is 3.47. The lowest BCUT2D eigenvalue weighted by Gasteiger charge is -2.22. The molecule has 0 aromatic rings. The third-order valence-corrected chi connectivity index (χ3v) is 4.09. The minimum atomic E-state index is 0.215. The van der Waals surface area contributed by atoms with Gasteiger partial charge in [-0.15, -0.1) is 0 Å². The highest BCUT2D eigenvalue weighted by atomic mass is 32.1. The minimum absolute atomic E-state index is 0.215. The Balaban J connectivity index is 2.06. The van der Waals surface area contributed by atoms with Crippen LogP contribution in [0.3, 0.4) is 0 Å². The quantitative estimate of drug-likeness (QED) is 0.683. The van der Waals surface area contributed by atoms with Crippen LogP contribution in [0.5, 0.6) is 0 Å². The fraction of sp³-hybridized carbons (Fsp3) is 0.917. The van der Waals surface area contributed by atoms with Crippen molar-refractivity contribution in [2.45, 2.75) is 51.3 Å². The molecule has 15 heavy (non-hydrogen) atoms. The van der Waals surface area contributed by atoms with Crippen LogP contribution >= 0.6 is 12.6 Å². The Morgan fingerprint density at radius 1 is 1.33 bits per heavy atom. The van der Waals surface area contributed by atoms with E-state index < -0.39 is 0 Å². The molecular weight excluding hydrogens is 206 g/mol. The van der Waals surface area contributed by atoms with Gasteiger partial charge in [-0.2, -0.15) is 12.6 Å². The van der Waals surface area contributed by atoms with Gasteiger partial charge in [0, 0.05) is 11.2 Å². The second kappa shape index (κ2) is 4.00.